The summed E-state index contributed by atoms with van der Waals surface area (Å²) in [7, 11) is 0. The predicted molar refractivity (Wildman–Crippen MR) is 74.7 cm³/mol. The third kappa shape index (κ3) is 3.23. The quantitative estimate of drug-likeness (QED) is 0.911. The van der Waals surface area contributed by atoms with E-state index in [-0.39, 0.29) is 0 Å². The van der Waals surface area contributed by atoms with E-state index in [4.69, 9.17) is 22.1 Å². The number of halogens is 1. The van der Waals surface area contributed by atoms with Crippen LogP contribution in [0.3, 0.4) is 0 Å². The highest BCUT2D eigenvalue weighted by Crippen LogP contribution is 2.22. The zero-order chi connectivity index (χ0) is 13.0. The smallest absolute Gasteiger partial charge is 0.0622 e. The van der Waals surface area contributed by atoms with Gasteiger partial charge in [0.25, 0.3) is 0 Å². The molecule has 1 atom stereocenters. The Morgan fingerprint density at radius 3 is 3.00 bits per heavy atom. The Kier molecular flexibility index (Phi) is 5.01. The second-order valence-corrected chi connectivity index (χ2v) is 5.14. The van der Waals surface area contributed by atoms with Crippen LogP contribution in [-0.2, 0) is 17.8 Å². The van der Waals surface area contributed by atoms with Crippen molar-refractivity contribution in [2.24, 2.45) is 5.73 Å². The molecule has 18 heavy (non-hydrogen) atoms. The molecule has 4 heteroatoms. The second-order valence-electron chi connectivity index (χ2n) is 4.74. The number of nitrogens with two attached hydrogens (primary N) is 1. The fraction of sp³-hybridized carbons (Fsp3) is 0.571. The maximum absolute atomic E-state index is 6.30. The number of ether oxygens (including phenoxy) is 1. The zero-order valence-electron chi connectivity index (χ0n) is 10.9. The van der Waals surface area contributed by atoms with Gasteiger partial charge in [-0.1, -0.05) is 30.7 Å². The molecule has 1 aliphatic rings. The number of hydrogen-bond donors (Lipinski definition) is 1. The molecule has 0 saturated carbocycles. The van der Waals surface area contributed by atoms with E-state index >= 15 is 0 Å². The van der Waals surface area contributed by atoms with Crippen LogP contribution in [0.15, 0.2) is 18.2 Å². The van der Waals surface area contributed by atoms with E-state index in [1.54, 1.807) is 0 Å². The van der Waals surface area contributed by atoms with Crippen molar-refractivity contribution in [1.29, 1.82) is 0 Å². The highest BCUT2D eigenvalue weighted by Gasteiger charge is 2.21. The molecule has 1 unspecified atom stereocenters. The molecular formula is C14H21ClN2O. The molecule has 0 bridgehead atoms. The number of rotatable bonds is 4. The van der Waals surface area contributed by atoms with Gasteiger partial charge in [-0.3, -0.25) is 4.90 Å². The van der Waals surface area contributed by atoms with Crippen LogP contribution in [0.5, 0.6) is 0 Å². The van der Waals surface area contributed by atoms with Gasteiger partial charge < -0.3 is 10.5 Å². The molecule has 0 spiro atoms. The van der Waals surface area contributed by atoms with E-state index in [1.807, 2.05) is 6.07 Å². The molecule has 1 aromatic carbocycles. The maximum atomic E-state index is 6.30. The summed E-state index contributed by atoms with van der Waals surface area (Å²) in [6.45, 7) is 6.25. The van der Waals surface area contributed by atoms with E-state index in [2.05, 4.69) is 24.0 Å². The van der Waals surface area contributed by atoms with Crippen LogP contribution >= 0.6 is 11.6 Å². The van der Waals surface area contributed by atoms with Crippen molar-refractivity contribution >= 4 is 11.6 Å². The third-order valence-electron chi connectivity index (χ3n) is 3.55. The van der Waals surface area contributed by atoms with Crippen LogP contribution in [0, 0.1) is 0 Å². The lowest BCUT2D eigenvalue weighted by molar-refractivity contribution is -0.0127. The van der Waals surface area contributed by atoms with E-state index in [9.17, 15) is 0 Å². The first-order chi connectivity index (χ1) is 8.74. The van der Waals surface area contributed by atoms with Gasteiger partial charge in [-0.05, 0) is 23.6 Å². The number of morpholine rings is 1. The average Bonchev–Trinajstić information content (AvgIpc) is 2.41. The van der Waals surface area contributed by atoms with Gasteiger partial charge in [0, 0.05) is 30.7 Å². The van der Waals surface area contributed by atoms with Crippen molar-refractivity contribution in [1.82, 2.24) is 4.90 Å². The van der Waals surface area contributed by atoms with Crippen LogP contribution < -0.4 is 5.73 Å². The molecule has 1 aromatic rings. The van der Waals surface area contributed by atoms with Gasteiger partial charge in [0.15, 0.2) is 0 Å². The summed E-state index contributed by atoms with van der Waals surface area (Å²) >= 11 is 6.30. The second kappa shape index (κ2) is 6.53. The minimum absolute atomic E-state index is 0.504. The lowest BCUT2D eigenvalue weighted by Gasteiger charge is -2.35. The fourth-order valence-electron chi connectivity index (χ4n) is 2.34. The minimum Gasteiger partial charge on any atom is -0.378 e. The van der Waals surface area contributed by atoms with E-state index in [0.29, 0.717) is 12.6 Å². The van der Waals surface area contributed by atoms with Crippen molar-refractivity contribution in [3.8, 4) is 0 Å². The highest BCUT2D eigenvalue weighted by molar-refractivity contribution is 6.31. The topological polar surface area (TPSA) is 38.5 Å². The van der Waals surface area contributed by atoms with Gasteiger partial charge in [-0.2, -0.15) is 0 Å². The molecule has 2 rings (SSSR count). The molecule has 1 saturated heterocycles. The first-order valence-electron chi connectivity index (χ1n) is 6.53. The van der Waals surface area contributed by atoms with Gasteiger partial charge in [-0.15, -0.1) is 0 Å². The summed E-state index contributed by atoms with van der Waals surface area (Å²) in [5, 5.41) is 0.819. The fourth-order valence-corrected chi connectivity index (χ4v) is 2.60. The van der Waals surface area contributed by atoms with Gasteiger partial charge in [0.05, 0.1) is 13.2 Å². The molecule has 1 heterocycles. The Labute approximate surface area is 114 Å². The van der Waals surface area contributed by atoms with Gasteiger partial charge in [-0.25, -0.2) is 0 Å². The van der Waals surface area contributed by atoms with Gasteiger partial charge >= 0.3 is 0 Å². The van der Waals surface area contributed by atoms with E-state index in [1.165, 1.54) is 5.56 Å². The lowest BCUT2D eigenvalue weighted by Crippen LogP contribution is -2.44. The lowest BCUT2D eigenvalue weighted by atomic mass is 10.1. The van der Waals surface area contributed by atoms with Crippen LogP contribution in [0.25, 0.3) is 0 Å². The van der Waals surface area contributed by atoms with Crippen molar-refractivity contribution in [2.75, 3.05) is 19.8 Å². The molecular weight excluding hydrogens is 248 g/mol. The third-order valence-corrected chi connectivity index (χ3v) is 3.90. The molecule has 1 aliphatic heterocycles. The van der Waals surface area contributed by atoms with Crippen LogP contribution in [0.1, 0.15) is 24.5 Å². The van der Waals surface area contributed by atoms with E-state index in [0.717, 1.165) is 43.3 Å². The Bertz CT molecular complexity index is 397. The standard InChI is InChI=1S/C14H21ClN2O/c1-2-13-10-18-6-5-17(13)9-12-4-3-11(8-16)7-14(12)15/h3-4,7,13H,2,5-6,8-10,16H2,1H3. The van der Waals surface area contributed by atoms with Crippen LogP contribution in [0.2, 0.25) is 5.02 Å². The summed E-state index contributed by atoms with van der Waals surface area (Å²) in [6.07, 6.45) is 1.11. The SMILES string of the molecule is CCC1COCCN1Cc1ccc(CN)cc1Cl. The predicted octanol–water partition coefficient (Wildman–Crippen LogP) is 2.41. The summed E-state index contributed by atoms with van der Waals surface area (Å²) in [4.78, 5) is 2.45. The molecule has 0 amide bonds. The van der Waals surface area contributed by atoms with E-state index < -0.39 is 0 Å². The Morgan fingerprint density at radius 2 is 2.33 bits per heavy atom. The monoisotopic (exact) mass is 268 g/mol. The molecule has 3 nitrogen and oxygen atoms in total. The molecule has 1 fully saturated rings. The maximum Gasteiger partial charge on any atom is 0.0622 e. The number of benzene rings is 1. The van der Waals surface area contributed by atoms with Crippen molar-refractivity contribution in [3.63, 3.8) is 0 Å². The summed E-state index contributed by atoms with van der Waals surface area (Å²) < 4.78 is 5.52. The summed E-state index contributed by atoms with van der Waals surface area (Å²) in [5.41, 5.74) is 7.87. The van der Waals surface area contributed by atoms with Crippen molar-refractivity contribution < 1.29 is 4.74 Å². The molecule has 0 aromatic heterocycles. The first-order valence-corrected chi connectivity index (χ1v) is 6.91. The number of nitrogens with zero attached hydrogens (tertiary/aromatic N) is 1. The normalized spacial score (nSPS) is 21.2. The first kappa shape index (κ1) is 13.8. The Hall–Kier alpha value is -0.610. The highest BCUT2D eigenvalue weighted by atomic mass is 35.5. The summed E-state index contributed by atoms with van der Waals surface area (Å²) in [6, 6.07) is 6.62. The number of hydrogen-bond acceptors (Lipinski definition) is 3. The average molecular weight is 269 g/mol. The largest absolute Gasteiger partial charge is 0.378 e. The van der Waals surface area contributed by atoms with Crippen LogP contribution in [0.4, 0.5) is 0 Å². The van der Waals surface area contributed by atoms with Crippen molar-refractivity contribution in [3.05, 3.63) is 34.3 Å². The van der Waals surface area contributed by atoms with Crippen molar-refractivity contribution in [2.45, 2.75) is 32.5 Å². The summed E-state index contributed by atoms with van der Waals surface area (Å²) in [5.74, 6) is 0. The molecule has 100 valence electrons. The van der Waals surface area contributed by atoms with Gasteiger partial charge in [0.1, 0.15) is 0 Å². The Morgan fingerprint density at radius 1 is 1.50 bits per heavy atom. The Balaban J connectivity index is 2.07. The minimum atomic E-state index is 0.504. The van der Waals surface area contributed by atoms with Crippen LogP contribution in [-0.4, -0.2) is 30.7 Å². The molecule has 2 N–H and O–H groups in total. The molecule has 0 radical (unpaired) electrons. The zero-order valence-corrected chi connectivity index (χ0v) is 11.6. The van der Waals surface area contributed by atoms with Gasteiger partial charge in [0.2, 0.25) is 0 Å². The molecule has 0 aliphatic carbocycles.